The normalized spacial score (nSPS) is 11.7. The minimum Gasteiger partial charge on any atom is -0.497 e. The van der Waals surface area contributed by atoms with E-state index in [4.69, 9.17) is 10.5 Å². The number of carbonyl (C=O) groups excluding carboxylic acids is 1. The van der Waals surface area contributed by atoms with E-state index in [1.807, 2.05) is 12.1 Å². The van der Waals surface area contributed by atoms with Gasteiger partial charge in [0.25, 0.3) is 5.91 Å². The average Bonchev–Trinajstić information content (AvgIpc) is 3.28. The second-order valence-corrected chi connectivity index (χ2v) is 6.39. The Labute approximate surface area is 167 Å². The number of carboxylic acid groups (broad SMARTS) is 1. The highest BCUT2D eigenvalue weighted by molar-refractivity contribution is 6.03. The van der Waals surface area contributed by atoms with Crippen molar-refractivity contribution < 1.29 is 19.4 Å². The van der Waals surface area contributed by atoms with Gasteiger partial charge in [-0.05, 0) is 42.3 Å². The third-order valence-electron chi connectivity index (χ3n) is 4.62. The number of methoxy groups -OCH3 is 1. The van der Waals surface area contributed by atoms with Crippen LogP contribution in [0.2, 0.25) is 0 Å². The van der Waals surface area contributed by atoms with Gasteiger partial charge in [0.05, 0.1) is 19.3 Å². The van der Waals surface area contributed by atoms with E-state index in [1.165, 1.54) is 13.2 Å². The van der Waals surface area contributed by atoms with Gasteiger partial charge in [-0.3, -0.25) is 9.89 Å². The summed E-state index contributed by atoms with van der Waals surface area (Å²) < 4.78 is 5.14. The third-order valence-corrected chi connectivity index (χ3v) is 4.62. The molecule has 0 saturated heterocycles. The molecule has 29 heavy (non-hydrogen) atoms. The maximum atomic E-state index is 13.0. The molecule has 3 rings (SSSR count). The summed E-state index contributed by atoms with van der Waals surface area (Å²) in [6.45, 7) is 0.226. The van der Waals surface area contributed by atoms with Crippen LogP contribution in [0.3, 0.4) is 0 Å². The molecule has 4 N–H and O–H groups in total. The Morgan fingerprint density at radius 3 is 2.55 bits per heavy atom. The summed E-state index contributed by atoms with van der Waals surface area (Å²) in [5.74, 6) is -0.158. The topological polar surface area (TPSA) is 122 Å². The van der Waals surface area contributed by atoms with E-state index >= 15 is 0 Å². The number of nitrogens with zero attached hydrogens (tertiary/aromatic N) is 2. The standard InChI is InChI=1S/C21H22N4O4/c1-29-18-4-2-3-16(11-18)20(26)25(21(27)28)19(9-10-22)15-7-5-14(6-8-15)17-12-23-24-13-17/h2-8,11-13,19H,9-10,22H2,1H3,(H,23,24)(H,27,28). The molecule has 1 atom stereocenters. The Bertz CT molecular complexity index is 971. The van der Waals surface area contributed by atoms with Gasteiger partial charge in [-0.1, -0.05) is 30.3 Å². The number of hydrogen-bond acceptors (Lipinski definition) is 5. The molecule has 1 aromatic heterocycles. The van der Waals surface area contributed by atoms with Gasteiger partial charge in [0.15, 0.2) is 0 Å². The zero-order chi connectivity index (χ0) is 20.8. The van der Waals surface area contributed by atoms with Crippen LogP contribution in [0.4, 0.5) is 4.79 Å². The molecule has 0 spiro atoms. The van der Waals surface area contributed by atoms with Crippen molar-refractivity contribution in [3.8, 4) is 16.9 Å². The lowest BCUT2D eigenvalue weighted by Crippen LogP contribution is -2.40. The molecule has 0 aliphatic carbocycles. The number of nitrogens with two attached hydrogens (primary N) is 1. The summed E-state index contributed by atoms with van der Waals surface area (Å²) in [6, 6.07) is 13.0. The van der Waals surface area contributed by atoms with Crippen molar-refractivity contribution in [2.75, 3.05) is 13.7 Å². The van der Waals surface area contributed by atoms with Crippen LogP contribution < -0.4 is 10.5 Å². The lowest BCUT2D eigenvalue weighted by Gasteiger charge is -2.28. The SMILES string of the molecule is COc1cccc(C(=O)N(C(=O)O)C(CCN)c2ccc(-c3cn[nH]c3)cc2)c1. The predicted molar refractivity (Wildman–Crippen MR) is 108 cm³/mol. The lowest BCUT2D eigenvalue weighted by molar-refractivity contribution is 0.0656. The molecule has 3 aromatic rings. The molecule has 0 fully saturated rings. The quantitative estimate of drug-likeness (QED) is 0.565. The molecule has 8 nitrogen and oxygen atoms in total. The fraction of sp³-hybridized carbons (Fsp3) is 0.190. The van der Waals surface area contributed by atoms with E-state index in [-0.39, 0.29) is 12.1 Å². The van der Waals surface area contributed by atoms with Crippen molar-refractivity contribution in [3.63, 3.8) is 0 Å². The molecule has 8 heteroatoms. The molecular formula is C21H22N4O4. The van der Waals surface area contributed by atoms with Gasteiger partial charge in [0.1, 0.15) is 5.75 Å². The Kier molecular flexibility index (Phi) is 6.25. The number of imide groups is 1. The minimum atomic E-state index is -1.34. The summed E-state index contributed by atoms with van der Waals surface area (Å²) in [7, 11) is 1.48. The smallest absolute Gasteiger partial charge is 0.414 e. The lowest BCUT2D eigenvalue weighted by atomic mass is 9.98. The molecule has 2 aromatic carbocycles. The number of ether oxygens (including phenoxy) is 1. The van der Waals surface area contributed by atoms with E-state index in [1.54, 1.807) is 42.7 Å². The second kappa shape index (κ2) is 9.03. The number of benzene rings is 2. The number of aromatic nitrogens is 2. The largest absolute Gasteiger partial charge is 0.497 e. The summed E-state index contributed by atoms with van der Waals surface area (Å²) in [5.41, 5.74) is 8.48. The van der Waals surface area contributed by atoms with Gasteiger partial charge in [0.2, 0.25) is 0 Å². The Morgan fingerprint density at radius 2 is 1.97 bits per heavy atom. The van der Waals surface area contributed by atoms with E-state index in [0.29, 0.717) is 17.7 Å². The molecular weight excluding hydrogens is 372 g/mol. The molecule has 0 radical (unpaired) electrons. The number of hydrogen-bond donors (Lipinski definition) is 3. The zero-order valence-electron chi connectivity index (χ0n) is 15.9. The van der Waals surface area contributed by atoms with E-state index in [2.05, 4.69) is 10.2 Å². The summed E-state index contributed by atoms with van der Waals surface area (Å²) in [6.07, 6.45) is 2.42. The molecule has 0 aliphatic heterocycles. The van der Waals surface area contributed by atoms with Crippen LogP contribution in [0.15, 0.2) is 60.9 Å². The highest BCUT2D eigenvalue weighted by atomic mass is 16.5. The van der Waals surface area contributed by atoms with Gasteiger partial charge in [-0.25, -0.2) is 9.69 Å². The first kappa shape index (κ1) is 20.1. The molecule has 0 aliphatic rings. The van der Waals surface area contributed by atoms with E-state index in [9.17, 15) is 14.7 Å². The van der Waals surface area contributed by atoms with Gasteiger partial charge < -0.3 is 15.6 Å². The fourth-order valence-electron chi connectivity index (χ4n) is 3.17. The van der Waals surface area contributed by atoms with Crippen molar-refractivity contribution in [1.82, 2.24) is 15.1 Å². The van der Waals surface area contributed by atoms with E-state index in [0.717, 1.165) is 16.0 Å². The fourth-order valence-corrected chi connectivity index (χ4v) is 3.17. The molecule has 0 bridgehead atoms. The van der Waals surface area contributed by atoms with Gasteiger partial charge in [0, 0.05) is 17.3 Å². The molecule has 1 unspecified atom stereocenters. The summed E-state index contributed by atoms with van der Waals surface area (Å²) in [4.78, 5) is 25.9. The number of amides is 2. The van der Waals surface area contributed by atoms with Crippen LogP contribution in [-0.2, 0) is 0 Å². The van der Waals surface area contributed by atoms with Crippen molar-refractivity contribution in [2.24, 2.45) is 5.73 Å². The first-order chi connectivity index (χ1) is 14.0. The Hall–Kier alpha value is -3.65. The first-order valence-electron chi connectivity index (χ1n) is 9.05. The third kappa shape index (κ3) is 4.44. The molecule has 0 saturated carbocycles. The number of aromatic amines is 1. The number of carbonyl (C=O) groups is 2. The number of rotatable bonds is 7. The Balaban J connectivity index is 1.95. The highest BCUT2D eigenvalue weighted by Crippen LogP contribution is 2.29. The van der Waals surface area contributed by atoms with Gasteiger partial charge in [-0.15, -0.1) is 0 Å². The summed E-state index contributed by atoms with van der Waals surface area (Å²) in [5, 5.41) is 16.5. The molecule has 2 amide bonds. The van der Waals surface area contributed by atoms with Crippen molar-refractivity contribution in [3.05, 3.63) is 72.1 Å². The van der Waals surface area contributed by atoms with E-state index < -0.39 is 18.0 Å². The zero-order valence-corrected chi connectivity index (χ0v) is 15.9. The minimum absolute atomic E-state index is 0.226. The number of H-pyrrole nitrogens is 1. The molecule has 1 heterocycles. The Morgan fingerprint density at radius 1 is 1.21 bits per heavy atom. The maximum Gasteiger partial charge on any atom is 0.414 e. The van der Waals surface area contributed by atoms with Crippen LogP contribution >= 0.6 is 0 Å². The molecule has 150 valence electrons. The van der Waals surface area contributed by atoms with Crippen LogP contribution in [0.1, 0.15) is 28.4 Å². The van der Waals surface area contributed by atoms with Crippen LogP contribution in [0.5, 0.6) is 5.75 Å². The number of nitrogens with one attached hydrogen (secondary N) is 1. The van der Waals surface area contributed by atoms with Crippen molar-refractivity contribution >= 4 is 12.0 Å². The van der Waals surface area contributed by atoms with Gasteiger partial charge in [-0.2, -0.15) is 5.10 Å². The van der Waals surface area contributed by atoms with Gasteiger partial charge >= 0.3 is 6.09 Å². The van der Waals surface area contributed by atoms with Crippen molar-refractivity contribution in [2.45, 2.75) is 12.5 Å². The van der Waals surface area contributed by atoms with Crippen LogP contribution in [0.25, 0.3) is 11.1 Å². The summed E-state index contributed by atoms with van der Waals surface area (Å²) >= 11 is 0. The predicted octanol–water partition coefficient (Wildman–Crippen LogP) is 3.30. The average molecular weight is 394 g/mol. The first-order valence-corrected chi connectivity index (χ1v) is 9.05. The van der Waals surface area contributed by atoms with Crippen LogP contribution in [0, 0.1) is 0 Å². The second-order valence-electron chi connectivity index (χ2n) is 6.39. The highest BCUT2D eigenvalue weighted by Gasteiger charge is 2.31. The maximum absolute atomic E-state index is 13.0. The monoisotopic (exact) mass is 394 g/mol. The van der Waals surface area contributed by atoms with Crippen molar-refractivity contribution in [1.29, 1.82) is 0 Å². The van der Waals surface area contributed by atoms with Crippen LogP contribution in [-0.4, -0.2) is 45.9 Å².